The number of benzene rings is 1. The lowest BCUT2D eigenvalue weighted by Crippen LogP contribution is -2.13. The smallest absolute Gasteiger partial charge is 0.352 e. The summed E-state index contributed by atoms with van der Waals surface area (Å²) in [6.07, 6.45) is 2.16. The molecule has 3 aromatic rings. The van der Waals surface area contributed by atoms with E-state index in [0.717, 1.165) is 23.7 Å². The van der Waals surface area contributed by atoms with Gasteiger partial charge < -0.3 is 9.67 Å². The Morgan fingerprint density at radius 2 is 2.14 bits per heavy atom. The largest absolute Gasteiger partial charge is 0.477 e. The molecule has 1 aliphatic carbocycles. The molecule has 2 heterocycles. The molecule has 0 aliphatic heterocycles. The average molecular weight is 283 g/mol. The van der Waals surface area contributed by atoms with E-state index in [-0.39, 0.29) is 5.69 Å². The van der Waals surface area contributed by atoms with E-state index in [2.05, 4.69) is 15.5 Å². The van der Waals surface area contributed by atoms with E-state index in [9.17, 15) is 9.90 Å². The number of aromatic carboxylic acids is 1. The van der Waals surface area contributed by atoms with Crippen LogP contribution in [0.4, 0.5) is 0 Å². The van der Waals surface area contributed by atoms with Crippen molar-refractivity contribution < 1.29 is 9.90 Å². The van der Waals surface area contributed by atoms with Crippen LogP contribution in [0.5, 0.6) is 0 Å². The third kappa shape index (κ3) is 1.97. The third-order valence-corrected chi connectivity index (χ3v) is 3.78. The van der Waals surface area contributed by atoms with Crippen molar-refractivity contribution in [3.63, 3.8) is 0 Å². The first-order chi connectivity index (χ1) is 10.2. The molecule has 0 unspecified atom stereocenters. The maximum Gasteiger partial charge on any atom is 0.352 e. The summed E-state index contributed by atoms with van der Waals surface area (Å²) in [5, 5.41) is 22.1. The van der Waals surface area contributed by atoms with Crippen molar-refractivity contribution in [1.82, 2.24) is 24.8 Å². The molecule has 2 aromatic heterocycles. The molecule has 0 amide bonds. The minimum absolute atomic E-state index is 0.251. The highest BCUT2D eigenvalue weighted by atomic mass is 16.4. The summed E-state index contributed by atoms with van der Waals surface area (Å²) in [5.74, 6) is -0.252. The second-order valence-electron chi connectivity index (χ2n) is 5.25. The van der Waals surface area contributed by atoms with E-state index in [0.29, 0.717) is 18.4 Å². The molecule has 0 spiro atoms. The van der Waals surface area contributed by atoms with Gasteiger partial charge in [0.25, 0.3) is 0 Å². The highest BCUT2D eigenvalue weighted by Gasteiger charge is 2.28. The summed E-state index contributed by atoms with van der Waals surface area (Å²) in [6, 6.07) is 9.66. The Labute approximate surface area is 119 Å². The Bertz CT molecular complexity index is 831. The van der Waals surface area contributed by atoms with Crippen LogP contribution in [0.3, 0.4) is 0 Å². The Balaban J connectivity index is 1.83. The Morgan fingerprint density at radius 1 is 1.33 bits per heavy atom. The van der Waals surface area contributed by atoms with Gasteiger partial charge in [-0.05, 0) is 35.4 Å². The van der Waals surface area contributed by atoms with Crippen LogP contribution in [0.15, 0.2) is 30.3 Å². The van der Waals surface area contributed by atoms with Crippen molar-refractivity contribution in [2.45, 2.75) is 25.4 Å². The van der Waals surface area contributed by atoms with Crippen LogP contribution in [0.25, 0.3) is 10.9 Å². The van der Waals surface area contributed by atoms with Crippen molar-refractivity contribution >= 4 is 16.9 Å². The minimum atomic E-state index is -0.948. The lowest BCUT2D eigenvalue weighted by atomic mass is 10.2. The first-order valence-corrected chi connectivity index (χ1v) is 6.82. The van der Waals surface area contributed by atoms with Crippen LogP contribution in [-0.4, -0.2) is 35.9 Å². The van der Waals surface area contributed by atoms with Gasteiger partial charge in [-0.15, -0.1) is 5.10 Å². The number of tetrazole rings is 1. The zero-order chi connectivity index (χ0) is 14.4. The monoisotopic (exact) mass is 283 g/mol. The molecular formula is C14H13N5O2. The second-order valence-corrected chi connectivity index (χ2v) is 5.25. The standard InChI is InChI=1S/C14H13N5O2/c20-14(21)12-7-9-3-1-2-4-11(9)18(12)8-13-15-16-17-19(13)10-5-6-10/h1-4,7,10H,5-6,8H2,(H,20,21). The lowest BCUT2D eigenvalue weighted by molar-refractivity contribution is 0.0686. The fourth-order valence-corrected chi connectivity index (χ4v) is 2.62. The highest BCUT2D eigenvalue weighted by Crippen LogP contribution is 2.34. The Morgan fingerprint density at radius 3 is 2.90 bits per heavy atom. The molecule has 106 valence electrons. The molecule has 1 aromatic carbocycles. The summed E-state index contributed by atoms with van der Waals surface area (Å²) < 4.78 is 3.56. The lowest BCUT2D eigenvalue weighted by Gasteiger charge is -2.08. The van der Waals surface area contributed by atoms with E-state index in [1.807, 2.05) is 24.3 Å². The highest BCUT2D eigenvalue weighted by molar-refractivity contribution is 5.94. The molecule has 7 nitrogen and oxygen atoms in total. The summed E-state index contributed by atoms with van der Waals surface area (Å²) in [4.78, 5) is 11.5. The van der Waals surface area contributed by atoms with Gasteiger partial charge in [0.1, 0.15) is 5.69 Å². The number of hydrogen-bond donors (Lipinski definition) is 1. The number of rotatable bonds is 4. The van der Waals surface area contributed by atoms with Gasteiger partial charge in [-0.25, -0.2) is 9.48 Å². The predicted octanol–water partition coefficient (Wildman–Crippen LogP) is 1.71. The number of nitrogens with zero attached hydrogens (tertiary/aromatic N) is 5. The van der Waals surface area contributed by atoms with Crippen LogP contribution in [0, 0.1) is 0 Å². The normalized spacial score (nSPS) is 14.7. The molecule has 0 saturated heterocycles. The molecule has 1 saturated carbocycles. The number of carboxylic acid groups (broad SMARTS) is 1. The van der Waals surface area contributed by atoms with E-state index in [4.69, 9.17) is 0 Å². The van der Waals surface area contributed by atoms with Gasteiger partial charge in [-0.3, -0.25) is 0 Å². The van der Waals surface area contributed by atoms with Crippen molar-refractivity contribution in [3.8, 4) is 0 Å². The van der Waals surface area contributed by atoms with Crippen LogP contribution in [-0.2, 0) is 6.54 Å². The Hall–Kier alpha value is -2.70. The van der Waals surface area contributed by atoms with Gasteiger partial charge in [0.2, 0.25) is 0 Å². The van der Waals surface area contributed by atoms with Gasteiger partial charge in [-0.2, -0.15) is 0 Å². The zero-order valence-corrected chi connectivity index (χ0v) is 11.2. The maximum absolute atomic E-state index is 11.5. The number of para-hydroxylation sites is 1. The molecule has 0 atom stereocenters. The van der Waals surface area contributed by atoms with E-state index >= 15 is 0 Å². The fourth-order valence-electron chi connectivity index (χ4n) is 2.62. The van der Waals surface area contributed by atoms with Crippen LogP contribution >= 0.6 is 0 Å². The van der Waals surface area contributed by atoms with Crippen LogP contribution in [0.1, 0.15) is 35.2 Å². The van der Waals surface area contributed by atoms with Crippen molar-refractivity contribution in [2.24, 2.45) is 0 Å². The SMILES string of the molecule is O=C(O)c1cc2ccccc2n1Cc1nnnn1C1CC1. The zero-order valence-electron chi connectivity index (χ0n) is 11.2. The topological polar surface area (TPSA) is 85.8 Å². The molecule has 7 heteroatoms. The molecule has 1 N–H and O–H groups in total. The molecule has 0 radical (unpaired) electrons. The van der Waals surface area contributed by atoms with E-state index in [1.165, 1.54) is 0 Å². The minimum Gasteiger partial charge on any atom is -0.477 e. The first-order valence-electron chi connectivity index (χ1n) is 6.82. The van der Waals surface area contributed by atoms with Gasteiger partial charge in [0, 0.05) is 10.9 Å². The number of aromatic nitrogens is 5. The van der Waals surface area contributed by atoms with Crippen molar-refractivity contribution in [1.29, 1.82) is 0 Å². The second kappa shape index (κ2) is 4.41. The van der Waals surface area contributed by atoms with E-state index in [1.54, 1.807) is 15.3 Å². The van der Waals surface area contributed by atoms with Gasteiger partial charge in [0.05, 0.1) is 12.6 Å². The molecule has 0 bridgehead atoms. The number of carbonyl (C=O) groups is 1. The summed E-state index contributed by atoms with van der Waals surface area (Å²) >= 11 is 0. The summed E-state index contributed by atoms with van der Waals surface area (Å²) in [7, 11) is 0. The van der Waals surface area contributed by atoms with Crippen LogP contribution < -0.4 is 0 Å². The molecular weight excluding hydrogens is 270 g/mol. The third-order valence-electron chi connectivity index (χ3n) is 3.78. The van der Waals surface area contributed by atoms with Gasteiger partial charge in [-0.1, -0.05) is 18.2 Å². The average Bonchev–Trinajstić information content (AvgIpc) is 3.11. The molecule has 1 fully saturated rings. The van der Waals surface area contributed by atoms with Crippen LogP contribution in [0.2, 0.25) is 0 Å². The summed E-state index contributed by atoms with van der Waals surface area (Å²) in [5.41, 5.74) is 1.13. The summed E-state index contributed by atoms with van der Waals surface area (Å²) in [6.45, 7) is 0.360. The van der Waals surface area contributed by atoms with Crippen molar-refractivity contribution in [3.05, 3.63) is 41.9 Å². The number of hydrogen-bond acceptors (Lipinski definition) is 4. The molecule has 1 aliphatic rings. The number of carboxylic acids is 1. The predicted molar refractivity (Wildman–Crippen MR) is 74.1 cm³/mol. The fraction of sp³-hybridized carbons (Fsp3) is 0.286. The number of fused-ring (bicyclic) bond motifs is 1. The van der Waals surface area contributed by atoms with E-state index < -0.39 is 5.97 Å². The first kappa shape index (κ1) is 12.1. The Kier molecular flexibility index (Phi) is 2.53. The maximum atomic E-state index is 11.5. The molecule has 4 rings (SSSR count). The van der Waals surface area contributed by atoms with Gasteiger partial charge in [0.15, 0.2) is 5.82 Å². The quantitative estimate of drug-likeness (QED) is 0.787. The van der Waals surface area contributed by atoms with Crippen molar-refractivity contribution in [2.75, 3.05) is 0 Å². The van der Waals surface area contributed by atoms with Gasteiger partial charge >= 0.3 is 5.97 Å². The molecule has 21 heavy (non-hydrogen) atoms.